The molecule has 2 aromatic rings. The first-order chi connectivity index (χ1) is 8.69. The van der Waals surface area contributed by atoms with Crippen LogP contribution >= 0.6 is 22.7 Å². The van der Waals surface area contributed by atoms with Crippen molar-refractivity contribution in [2.24, 2.45) is 0 Å². The van der Waals surface area contributed by atoms with Gasteiger partial charge in [0.05, 0.1) is 27.4 Å². The van der Waals surface area contributed by atoms with Gasteiger partial charge in [0.1, 0.15) is 0 Å². The van der Waals surface area contributed by atoms with Crippen LogP contribution in [0.2, 0.25) is 0 Å². The topological polar surface area (TPSA) is 37.8 Å². The third kappa shape index (κ3) is 3.60. The van der Waals surface area contributed by atoms with Gasteiger partial charge >= 0.3 is 0 Å². The molecule has 1 N–H and O–H groups in total. The highest BCUT2D eigenvalue weighted by molar-refractivity contribution is 7.09. The number of aromatic nitrogens is 2. The van der Waals surface area contributed by atoms with Crippen molar-refractivity contribution in [2.45, 2.75) is 39.7 Å². The third-order valence-corrected chi connectivity index (χ3v) is 4.33. The number of hydrogen-bond donors (Lipinski definition) is 1. The van der Waals surface area contributed by atoms with Crippen molar-refractivity contribution in [3.8, 4) is 0 Å². The van der Waals surface area contributed by atoms with Crippen LogP contribution in [0.25, 0.3) is 0 Å². The predicted molar refractivity (Wildman–Crippen MR) is 78.4 cm³/mol. The Hall–Kier alpha value is -0.780. The first-order valence-corrected chi connectivity index (χ1v) is 8.01. The third-order valence-electron chi connectivity index (χ3n) is 2.71. The van der Waals surface area contributed by atoms with Gasteiger partial charge in [0.15, 0.2) is 0 Å². The minimum atomic E-state index is 0.288. The predicted octanol–water partition coefficient (Wildman–Crippen LogP) is 3.50. The van der Waals surface area contributed by atoms with Gasteiger partial charge in [-0.2, -0.15) is 0 Å². The summed E-state index contributed by atoms with van der Waals surface area (Å²) in [6.45, 7) is 7.31. The zero-order valence-corrected chi connectivity index (χ0v) is 12.7. The first kappa shape index (κ1) is 13.6. The van der Waals surface area contributed by atoms with Gasteiger partial charge in [0.2, 0.25) is 0 Å². The second kappa shape index (κ2) is 6.41. The van der Waals surface area contributed by atoms with Gasteiger partial charge in [-0.15, -0.1) is 22.7 Å². The number of nitrogens with one attached hydrogen (secondary N) is 1. The van der Waals surface area contributed by atoms with Crippen molar-refractivity contribution in [1.29, 1.82) is 0 Å². The van der Waals surface area contributed by atoms with Crippen molar-refractivity contribution in [1.82, 2.24) is 15.3 Å². The van der Waals surface area contributed by atoms with Crippen LogP contribution in [0.3, 0.4) is 0 Å². The fourth-order valence-electron chi connectivity index (χ4n) is 1.85. The SMILES string of the molecule is CCCNC(Cc1csc(C)n1)c1csc(C)n1. The Balaban J connectivity index is 2.09. The van der Waals surface area contributed by atoms with E-state index in [9.17, 15) is 0 Å². The molecule has 0 fully saturated rings. The molecule has 1 unspecified atom stereocenters. The van der Waals surface area contributed by atoms with E-state index >= 15 is 0 Å². The molecule has 2 aromatic heterocycles. The molecule has 3 nitrogen and oxygen atoms in total. The maximum Gasteiger partial charge on any atom is 0.0898 e. The average Bonchev–Trinajstić information content (AvgIpc) is 2.93. The maximum atomic E-state index is 4.60. The summed E-state index contributed by atoms with van der Waals surface area (Å²) in [6, 6.07) is 0.288. The summed E-state index contributed by atoms with van der Waals surface area (Å²) >= 11 is 3.43. The van der Waals surface area contributed by atoms with Crippen LogP contribution in [0.4, 0.5) is 0 Å². The molecule has 98 valence electrons. The van der Waals surface area contributed by atoms with E-state index in [-0.39, 0.29) is 6.04 Å². The molecule has 2 rings (SSSR count). The molecular formula is C13H19N3S2. The summed E-state index contributed by atoms with van der Waals surface area (Å²) in [5.41, 5.74) is 2.31. The van der Waals surface area contributed by atoms with E-state index in [0.29, 0.717) is 0 Å². The summed E-state index contributed by atoms with van der Waals surface area (Å²) in [6.07, 6.45) is 2.06. The fourth-order valence-corrected chi connectivity index (χ4v) is 3.14. The highest BCUT2D eigenvalue weighted by Gasteiger charge is 2.15. The highest BCUT2D eigenvalue weighted by Crippen LogP contribution is 2.21. The lowest BCUT2D eigenvalue weighted by atomic mass is 10.1. The number of rotatable bonds is 6. The van der Waals surface area contributed by atoms with Crippen LogP contribution in [-0.2, 0) is 6.42 Å². The van der Waals surface area contributed by atoms with E-state index in [2.05, 4.69) is 46.8 Å². The lowest BCUT2D eigenvalue weighted by Gasteiger charge is -2.15. The smallest absolute Gasteiger partial charge is 0.0898 e. The summed E-state index contributed by atoms with van der Waals surface area (Å²) in [7, 11) is 0. The van der Waals surface area contributed by atoms with Gasteiger partial charge < -0.3 is 5.32 Å². The van der Waals surface area contributed by atoms with E-state index < -0.39 is 0 Å². The number of aryl methyl sites for hydroxylation is 2. The van der Waals surface area contributed by atoms with Crippen molar-refractivity contribution in [3.63, 3.8) is 0 Å². The van der Waals surface area contributed by atoms with Crippen molar-refractivity contribution in [3.05, 3.63) is 32.2 Å². The van der Waals surface area contributed by atoms with Crippen LogP contribution < -0.4 is 5.32 Å². The standard InChI is InChI=1S/C13H19N3S2/c1-4-5-14-12(13-8-18-10(3)16-13)6-11-7-17-9(2)15-11/h7-8,12,14H,4-6H2,1-3H3. The first-order valence-electron chi connectivity index (χ1n) is 6.25. The van der Waals surface area contributed by atoms with Crippen LogP contribution in [0, 0.1) is 13.8 Å². The van der Waals surface area contributed by atoms with Gasteiger partial charge in [0, 0.05) is 17.2 Å². The lowest BCUT2D eigenvalue weighted by Crippen LogP contribution is -2.24. The Kier molecular flexibility index (Phi) is 4.86. The van der Waals surface area contributed by atoms with E-state index in [0.717, 1.165) is 40.8 Å². The second-order valence-electron chi connectivity index (χ2n) is 4.36. The Morgan fingerprint density at radius 1 is 1.17 bits per heavy atom. The van der Waals surface area contributed by atoms with E-state index in [1.165, 1.54) is 0 Å². The van der Waals surface area contributed by atoms with Crippen molar-refractivity contribution >= 4 is 22.7 Å². The molecular weight excluding hydrogens is 262 g/mol. The Bertz CT molecular complexity index is 490. The molecule has 0 bridgehead atoms. The molecule has 1 atom stereocenters. The fraction of sp³-hybridized carbons (Fsp3) is 0.538. The molecule has 5 heteroatoms. The van der Waals surface area contributed by atoms with Gasteiger partial charge in [-0.3, -0.25) is 0 Å². The average molecular weight is 281 g/mol. The number of nitrogens with zero attached hydrogens (tertiary/aromatic N) is 2. The van der Waals surface area contributed by atoms with E-state index in [4.69, 9.17) is 0 Å². The molecule has 0 aliphatic carbocycles. The molecule has 0 aliphatic heterocycles. The van der Waals surface area contributed by atoms with Gasteiger partial charge in [0.25, 0.3) is 0 Å². The molecule has 0 aromatic carbocycles. The molecule has 0 saturated carbocycles. The summed E-state index contributed by atoms with van der Waals surface area (Å²) in [5, 5.41) is 10.1. The number of hydrogen-bond acceptors (Lipinski definition) is 5. The zero-order valence-electron chi connectivity index (χ0n) is 11.1. The quantitative estimate of drug-likeness (QED) is 0.880. The summed E-state index contributed by atoms with van der Waals surface area (Å²) < 4.78 is 0. The zero-order chi connectivity index (χ0) is 13.0. The molecule has 0 aliphatic rings. The normalized spacial score (nSPS) is 12.8. The van der Waals surface area contributed by atoms with E-state index in [1.807, 2.05) is 0 Å². The summed E-state index contributed by atoms with van der Waals surface area (Å²) in [5.74, 6) is 0. The van der Waals surface area contributed by atoms with Gasteiger partial charge in [-0.05, 0) is 26.8 Å². The minimum Gasteiger partial charge on any atom is -0.308 e. The Morgan fingerprint density at radius 2 is 1.89 bits per heavy atom. The van der Waals surface area contributed by atoms with E-state index in [1.54, 1.807) is 22.7 Å². The molecule has 2 heterocycles. The Morgan fingerprint density at radius 3 is 2.44 bits per heavy atom. The largest absolute Gasteiger partial charge is 0.308 e. The van der Waals surface area contributed by atoms with Crippen LogP contribution in [-0.4, -0.2) is 16.5 Å². The maximum absolute atomic E-state index is 4.60. The van der Waals surface area contributed by atoms with Crippen LogP contribution in [0.15, 0.2) is 10.8 Å². The lowest BCUT2D eigenvalue weighted by molar-refractivity contribution is 0.515. The molecule has 0 amide bonds. The molecule has 18 heavy (non-hydrogen) atoms. The molecule has 0 saturated heterocycles. The van der Waals surface area contributed by atoms with Crippen LogP contribution in [0.1, 0.15) is 40.8 Å². The molecule has 0 radical (unpaired) electrons. The van der Waals surface area contributed by atoms with Crippen molar-refractivity contribution < 1.29 is 0 Å². The summed E-state index contributed by atoms with van der Waals surface area (Å²) in [4.78, 5) is 9.14. The Labute approximate surface area is 116 Å². The number of thiazole rings is 2. The minimum absolute atomic E-state index is 0.288. The van der Waals surface area contributed by atoms with Crippen LogP contribution in [0.5, 0.6) is 0 Å². The second-order valence-corrected chi connectivity index (χ2v) is 6.48. The van der Waals surface area contributed by atoms with Crippen molar-refractivity contribution in [2.75, 3.05) is 6.54 Å². The molecule has 0 spiro atoms. The monoisotopic (exact) mass is 281 g/mol. The highest BCUT2D eigenvalue weighted by atomic mass is 32.1. The van der Waals surface area contributed by atoms with Gasteiger partial charge in [-0.1, -0.05) is 6.92 Å². The van der Waals surface area contributed by atoms with Gasteiger partial charge in [-0.25, -0.2) is 9.97 Å².